The van der Waals surface area contributed by atoms with Crippen LogP contribution < -0.4 is 9.47 Å². The highest BCUT2D eigenvalue weighted by Gasteiger charge is 2.32. The lowest BCUT2D eigenvalue weighted by atomic mass is 10.1. The summed E-state index contributed by atoms with van der Waals surface area (Å²) < 4.78 is 11.5. The number of aliphatic imine (C=N–C) groups is 1. The molecule has 0 spiro atoms. The Hall–Kier alpha value is -2.73. The van der Waals surface area contributed by atoms with Crippen LogP contribution in [0.1, 0.15) is 31.9 Å². The zero-order valence-corrected chi connectivity index (χ0v) is 19.0. The molecular formula is C24H28N2O3S. The van der Waals surface area contributed by atoms with E-state index in [4.69, 9.17) is 14.5 Å². The van der Waals surface area contributed by atoms with Crippen LogP contribution in [0.4, 0.5) is 5.69 Å². The second-order valence-corrected chi connectivity index (χ2v) is 8.48. The van der Waals surface area contributed by atoms with E-state index in [1.807, 2.05) is 62.4 Å². The molecule has 0 unspecified atom stereocenters. The molecule has 0 aliphatic carbocycles. The van der Waals surface area contributed by atoms with Crippen LogP contribution in [0, 0.1) is 12.8 Å². The maximum Gasteiger partial charge on any atom is 0.266 e. The third-order valence-corrected chi connectivity index (χ3v) is 5.55. The van der Waals surface area contributed by atoms with Crippen molar-refractivity contribution in [3.63, 3.8) is 0 Å². The fourth-order valence-electron chi connectivity index (χ4n) is 2.95. The van der Waals surface area contributed by atoms with E-state index >= 15 is 0 Å². The molecule has 1 heterocycles. The standard InChI is InChI=1S/C24H28N2O3S/c1-6-26-23(27)21(30-24(26)25-19-12-10-17(4)11-13-19)14-18-8-7-9-20(28-5)22(18)29-15-16(2)3/h7-14,16H,6,15H2,1-5H3/b21-14+,25-24?. The minimum Gasteiger partial charge on any atom is -0.493 e. The highest BCUT2D eigenvalue weighted by Crippen LogP contribution is 2.38. The van der Waals surface area contributed by atoms with Gasteiger partial charge in [-0.1, -0.05) is 43.7 Å². The van der Waals surface area contributed by atoms with Gasteiger partial charge in [-0.3, -0.25) is 9.69 Å². The van der Waals surface area contributed by atoms with Gasteiger partial charge in [0.25, 0.3) is 5.91 Å². The number of amidine groups is 1. The highest BCUT2D eigenvalue weighted by atomic mass is 32.2. The smallest absolute Gasteiger partial charge is 0.266 e. The average Bonchev–Trinajstić information content (AvgIpc) is 3.02. The molecule has 1 saturated heterocycles. The summed E-state index contributed by atoms with van der Waals surface area (Å²) in [5.41, 5.74) is 2.82. The van der Waals surface area contributed by atoms with Gasteiger partial charge in [0, 0.05) is 12.1 Å². The van der Waals surface area contributed by atoms with Gasteiger partial charge in [-0.25, -0.2) is 4.99 Å². The van der Waals surface area contributed by atoms with E-state index in [-0.39, 0.29) is 5.91 Å². The van der Waals surface area contributed by atoms with E-state index in [1.54, 1.807) is 12.0 Å². The summed E-state index contributed by atoms with van der Waals surface area (Å²) in [6, 6.07) is 13.7. The van der Waals surface area contributed by atoms with Gasteiger partial charge < -0.3 is 9.47 Å². The van der Waals surface area contributed by atoms with Crippen LogP contribution in [0.2, 0.25) is 0 Å². The summed E-state index contributed by atoms with van der Waals surface area (Å²) in [4.78, 5) is 20.0. The molecule has 6 heteroatoms. The van der Waals surface area contributed by atoms with Crippen molar-refractivity contribution in [2.24, 2.45) is 10.9 Å². The van der Waals surface area contributed by atoms with Gasteiger partial charge in [-0.05, 0) is 55.8 Å². The highest BCUT2D eigenvalue weighted by molar-refractivity contribution is 8.18. The molecule has 1 fully saturated rings. The predicted molar refractivity (Wildman–Crippen MR) is 125 cm³/mol. The lowest BCUT2D eigenvalue weighted by Crippen LogP contribution is -2.28. The first-order valence-corrected chi connectivity index (χ1v) is 10.9. The first-order valence-electron chi connectivity index (χ1n) is 10.1. The fourth-order valence-corrected chi connectivity index (χ4v) is 4.01. The van der Waals surface area contributed by atoms with Crippen molar-refractivity contribution in [2.45, 2.75) is 27.7 Å². The van der Waals surface area contributed by atoms with Gasteiger partial charge in [0.2, 0.25) is 0 Å². The normalized spacial score (nSPS) is 16.7. The number of hydrogen-bond donors (Lipinski definition) is 0. The summed E-state index contributed by atoms with van der Waals surface area (Å²) in [7, 11) is 1.62. The predicted octanol–water partition coefficient (Wildman–Crippen LogP) is 5.66. The number of benzene rings is 2. The third-order valence-electron chi connectivity index (χ3n) is 4.54. The number of carbonyl (C=O) groups excluding carboxylic acids is 1. The number of ether oxygens (including phenoxy) is 2. The molecule has 1 aliphatic heterocycles. The van der Waals surface area contributed by atoms with E-state index in [2.05, 4.69) is 13.8 Å². The zero-order chi connectivity index (χ0) is 21.7. The molecular weight excluding hydrogens is 396 g/mol. The van der Waals surface area contributed by atoms with Crippen molar-refractivity contribution in [3.05, 3.63) is 58.5 Å². The number of nitrogens with zero attached hydrogens (tertiary/aromatic N) is 2. The van der Waals surface area contributed by atoms with Crippen molar-refractivity contribution >= 4 is 34.6 Å². The van der Waals surface area contributed by atoms with Crippen LogP contribution >= 0.6 is 11.8 Å². The van der Waals surface area contributed by atoms with Gasteiger partial charge in [-0.15, -0.1) is 0 Å². The van der Waals surface area contributed by atoms with Gasteiger partial charge in [0.1, 0.15) is 0 Å². The Labute approximate surface area is 182 Å². The fraction of sp³-hybridized carbons (Fsp3) is 0.333. The lowest BCUT2D eigenvalue weighted by Gasteiger charge is -2.15. The quantitative estimate of drug-likeness (QED) is 0.538. The van der Waals surface area contributed by atoms with Crippen LogP contribution in [0.5, 0.6) is 11.5 Å². The van der Waals surface area contributed by atoms with Crippen molar-refractivity contribution in [1.29, 1.82) is 0 Å². The summed E-state index contributed by atoms with van der Waals surface area (Å²) in [5.74, 6) is 1.63. The van der Waals surface area contributed by atoms with Crippen LogP contribution in [-0.2, 0) is 4.79 Å². The van der Waals surface area contributed by atoms with E-state index in [1.165, 1.54) is 17.3 Å². The van der Waals surface area contributed by atoms with Crippen molar-refractivity contribution in [2.75, 3.05) is 20.3 Å². The van der Waals surface area contributed by atoms with Crippen molar-refractivity contribution in [3.8, 4) is 11.5 Å². The van der Waals surface area contributed by atoms with E-state index in [0.717, 1.165) is 11.3 Å². The molecule has 5 nitrogen and oxygen atoms in total. The maximum atomic E-state index is 13.0. The topological polar surface area (TPSA) is 51.1 Å². The first kappa shape index (κ1) is 22.0. The maximum absolute atomic E-state index is 13.0. The molecule has 1 aliphatic rings. The molecule has 158 valence electrons. The van der Waals surface area contributed by atoms with Gasteiger partial charge in [0.15, 0.2) is 16.7 Å². The summed E-state index contributed by atoms with van der Waals surface area (Å²) in [6.45, 7) is 9.31. The third kappa shape index (κ3) is 5.05. The van der Waals surface area contributed by atoms with E-state index in [9.17, 15) is 4.79 Å². The molecule has 30 heavy (non-hydrogen) atoms. The minimum atomic E-state index is -0.0500. The Morgan fingerprint density at radius 2 is 1.90 bits per heavy atom. The molecule has 2 aromatic carbocycles. The van der Waals surface area contributed by atoms with Crippen LogP contribution in [-0.4, -0.2) is 36.2 Å². The Morgan fingerprint density at radius 1 is 1.17 bits per heavy atom. The molecule has 3 rings (SSSR count). The second kappa shape index (κ2) is 9.85. The Kier molecular flexibility index (Phi) is 7.21. The molecule has 0 bridgehead atoms. The number of thioether (sulfide) groups is 1. The number of carbonyl (C=O) groups is 1. The summed E-state index contributed by atoms with van der Waals surface area (Å²) in [5, 5.41) is 0.685. The van der Waals surface area contributed by atoms with Gasteiger partial charge >= 0.3 is 0 Å². The number of aryl methyl sites for hydroxylation is 1. The Bertz CT molecular complexity index is 965. The Morgan fingerprint density at radius 3 is 2.53 bits per heavy atom. The molecule has 0 N–H and O–H groups in total. The number of rotatable bonds is 7. The molecule has 0 radical (unpaired) electrons. The monoisotopic (exact) mass is 424 g/mol. The summed E-state index contributed by atoms with van der Waals surface area (Å²) in [6.07, 6.45) is 1.87. The Balaban J connectivity index is 1.95. The SMILES string of the molecule is CCN1C(=O)/C(=C\c2cccc(OC)c2OCC(C)C)SC1=Nc1ccc(C)cc1. The number of para-hydroxylation sites is 1. The average molecular weight is 425 g/mol. The molecule has 0 saturated carbocycles. The van der Waals surface area contributed by atoms with E-state index in [0.29, 0.717) is 40.6 Å². The number of amides is 1. The minimum absolute atomic E-state index is 0.0500. The largest absolute Gasteiger partial charge is 0.493 e. The number of hydrogen-bond acceptors (Lipinski definition) is 5. The molecule has 2 aromatic rings. The van der Waals surface area contributed by atoms with Gasteiger partial charge in [-0.2, -0.15) is 0 Å². The van der Waals surface area contributed by atoms with Crippen LogP contribution in [0.15, 0.2) is 52.4 Å². The first-order chi connectivity index (χ1) is 14.4. The molecule has 0 atom stereocenters. The van der Waals surface area contributed by atoms with Crippen LogP contribution in [0.25, 0.3) is 6.08 Å². The van der Waals surface area contributed by atoms with Crippen LogP contribution in [0.3, 0.4) is 0 Å². The number of likely N-dealkylation sites (N-methyl/N-ethyl adjacent to an activating group) is 1. The molecule has 0 aromatic heterocycles. The van der Waals surface area contributed by atoms with Gasteiger partial charge in [0.05, 0.1) is 24.3 Å². The lowest BCUT2D eigenvalue weighted by molar-refractivity contribution is -0.122. The second-order valence-electron chi connectivity index (χ2n) is 7.47. The van der Waals surface area contributed by atoms with Crippen molar-refractivity contribution < 1.29 is 14.3 Å². The summed E-state index contributed by atoms with van der Waals surface area (Å²) >= 11 is 1.38. The van der Waals surface area contributed by atoms with E-state index < -0.39 is 0 Å². The number of methoxy groups -OCH3 is 1. The molecule has 1 amide bonds. The zero-order valence-electron chi connectivity index (χ0n) is 18.1. The van der Waals surface area contributed by atoms with Crippen molar-refractivity contribution in [1.82, 2.24) is 4.90 Å².